The number of carboxylic acid groups (broad SMARTS) is 1. The number of carbonyl (C=O) groups excluding carboxylic acids is 1. The van der Waals surface area contributed by atoms with Crippen LogP contribution in [-0.4, -0.2) is 40.1 Å². The Balaban J connectivity index is 2.38. The summed E-state index contributed by atoms with van der Waals surface area (Å²) < 4.78 is 38.7. The van der Waals surface area contributed by atoms with Gasteiger partial charge in [-0.1, -0.05) is 0 Å². The third-order valence-electron chi connectivity index (χ3n) is 3.62. The lowest BCUT2D eigenvalue weighted by Gasteiger charge is -2.38. The van der Waals surface area contributed by atoms with E-state index in [4.69, 9.17) is 5.11 Å². The number of carbonyl (C=O) groups is 2. The van der Waals surface area contributed by atoms with E-state index in [1.807, 2.05) is 0 Å². The van der Waals surface area contributed by atoms with Crippen molar-refractivity contribution in [1.82, 2.24) is 9.88 Å². The molecule has 0 spiro atoms. The zero-order valence-electron chi connectivity index (χ0n) is 10.9. The molecule has 1 fully saturated rings. The van der Waals surface area contributed by atoms with Gasteiger partial charge in [0.2, 0.25) is 0 Å². The van der Waals surface area contributed by atoms with Crippen LogP contribution in [0.2, 0.25) is 0 Å². The van der Waals surface area contributed by atoms with Crippen LogP contribution in [-0.2, 0) is 0 Å². The topological polar surface area (TPSA) is 70.5 Å². The minimum absolute atomic E-state index is 0.0730. The van der Waals surface area contributed by atoms with Crippen LogP contribution >= 0.6 is 0 Å². The van der Waals surface area contributed by atoms with Crippen LogP contribution in [0.5, 0.6) is 0 Å². The second kappa shape index (κ2) is 5.71. The summed E-state index contributed by atoms with van der Waals surface area (Å²) in [7, 11) is 0. The van der Waals surface area contributed by atoms with Gasteiger partial charge >= 0.3 is 12.3 Å². The first-order valence-corrected chi connectivity index (χ1v) is 6.31. The van der Waals surface area contributed by atoms with Gasteiger partial charge < -0.3 is 5.11 Å². The molecule has 8 heteroatoms. The second-order valence-corrected chi connectivity index (χ2v) is 4.85. The van der Waals surface area contributed by atoms with Crippen LogP contribution < -0.4 is 0 Å². The summed E-state index contributed by atoms with van der Waals surface area (Å²) in [5.74, 6) is -1.60. The van der Waals surface area contributed by atoms with Crippen molar-refractivity contribution in [3.05, 3.63) is 29.6 Å². The standard InChI is InChI=1S/C13H13F3N2O3/c14-13(15,16)9-3-5-18(12(20)21)10(6-9)11-8(7-19)2-1-4-17-11/h1-2,4,7,9-10H,3,5-6H2,(H,20,21). The molecule has 1 aliphatic heterocycles. The van der Waals surface area contributed by atoms with Gasteiger partial charge in [0.1, 0.15) is 0 Å². The Morgan fingerprint density at radius 1 is 1.48 bits per heavy atom. The van der Waals surface area contributed by atoms with E-state index in [9.17, 15) is 22.8 Å². The summed E-state index contributed by atoms with van der Waals surface area (Å²) >= 11 is 0. The number of alkyl halides is 3. The SMILES string of the molecule is O=Cc1cccnc1C1CC(C(F)(F)F)CCN1C(=O)O. The number of halogens is 3. The molecule has 1 aliphatic rings. The summed E-state index contributed by atoms with van der Waals surface area (Å²) in [6, 6.07) is 1.82. The fourth-order valence-corrected chi connectivity index (χ4v) is 2.56. The minimum atomic E-state index is -4.39. The lowest BCUT2D eigenvalue weighted by Crippen LogP contribution is -2.44. The molecule has 21 heavy (non-hydrogen) atoms. The summed E-state index contributed by atoms with van der Waals surface area (Å²) in [6.07, 6.45) is -4.61. The van der Waals surface area contributed by atoms with Crippen molar-refractivity contribution in [1.29, 1.82) is 0 Å². The average Bonchev–Trinajstić information content (AvgIpc) is 2.45. The molecule has 5 nitrogen and oxygen atoms in total. The number of hydrogen-bond acceptors (Lipinski definition) is 3. The van der Waals surface area contributed by atoms with Crippen molar-refractivity contribution in [3.63, 3.8) is 0 Å². The number of pyridine rings is 1. The molecule has 2 unspecified atom stereocenters. The molecule has 0 aromatic carbocycles. The van der Waals surface area contributed by atoms with Crippen LogP contribution in [0.25, 0.3) is 0 Å². The Bertz CT molecular complexity index is 548. The van der Waals surface area contributed by atoms with Crippen LogP contribution in [0, 0.1) is 5.92 Å². The number of likely N-dealkylation sites (tertiary alicyclic amines) is 1. The fourth-order valence-electron chi connectivity index (χ4n) is 2.56. The molecule has 1 N–H and O–H groups in total. The lowest BCUT2D eigenvalue weighted by atomic mass is 9.87. The summed E-state index contributed by atoms with van der Waals surface area (Å²) in [6.45, 7) is -0.237. The van der Waals surface area contributed by atoms with E-state index in [2.05, 4.69) is 4.98 Å². The van der Waals surface area contributed by atoms with Gasteiger partial charge in [0.15, 0.2) is 6.29 Å². The summed E-state index contributed by atoms with van der Waals surface area (Å²) in [5.41, 5.74) is 0.181. The molecule has 2 rings (SSSR count). The van der Waals surface area contributed by atoms with Gasteiger partial charge in [-0.05, 0) is 25.0 Å². The maximum absolute atomic E-state index is 12.9. The predicted octanol–water partition coefficient (Wildman–Crippen LogP) is 2.89. The fraction of sp³-hybridized carbons (Fsp3) is 0.462. The molecule has 0 radical (unpaired) electrons. The largest absolute Gasteiger partial charge is 0.465 e. The van der Waals surface area contributed by atoms with E-state index < -0.39 is 30.7 Å². The zero-order valence-corrected chi connectivity index (χ0v) is 10.9. The van der Waals surface area contributed by atoms with Gasteiger partial charge in [0.05, 0.1) is 17.7 Å². The maximum Gasteiger partial charge on any atom is 0.407 e. The van der Waals surface area contributed by atoms with Crippen molar-refractivity contribution in [2.24, 2.45) is 5.92 Å². The first-order valence-electron chi connectivity index (χ1n) is 6.31. The molecule has 114 valence electrons. The van der Waals surface area contributed by atoms with E-state index >= 15 is 0 Å². The Morgan fingerprint density at radius 3 is 2.76 bits per heavy atom. The van der Waals surface area contributed by atoms with E-state index in [0.29, 0.717) is 6.29 Å². The lowest BCUT2D eigenvalue weighted by molar-refractivity contribution is -0.188. The van der Waals surface area contributed by atoms with Crippen LogP contribution in [0.15, 0.2) is 18.3 Å². The summed E-state index contributed by atoms with van der Waals surface area (Å²) in [5, 5.41) is 9.15. The molecular formula is C13H13F3N2O3. The van der Waals surface area contributed by atoms with Crippen molar-refractivity contribution in [3.8, 4) is 0 Å². The monoisotopic (exact) mass is 302 g/mol. The number of nitrogens with zero attached hydrogens (tertiary/aromatic N) is 2. The number of piperidine rings is 1. The number of hydrogen-bond donors (Lipinski definition) is 1. The van der Waals surface area contributed by atoms with Crippen molar-refractivity contribution >= 4 is 12.4 Å². The summed E-state index contributed by atoms with van der Waals surface area (Å²) in [4.78, 5) is 27.1. The molecule has 0 aliphatic carbocycles. The normalized spacial score (nSPS) is 22.9. The maximum atomic E-state index is 12.9. The van der Waals surface area contributed by atoms with Gasteiger partial charge in [0, 0.05) is 18.3 Å². The van der Waals surface area contributed by atoms with E-state index in [-0.39, 0.29) is 24.2 Å². The molecule has 1 saturated heterocycles. The number of amides is 1. The first kappa shape index (κ1) is 15.3. The highest BCUT2D eigenvalue weighted by molar-refractivity contribution is 5.77. The average molecular weight is 302 g/mol. The van der Waals surface area contributed by atoms with E-state index in [0.717, 1.165) is 4.90 Å². The number of aromatic nitrogens is 1. The molecular weight excluding hydrogens is 289 g/mol. The predicted molar refractivity (Wildman–Crippen MR) is 65.9 cm³/mol. The van der Waals surface area contributed by atoms with Gasteiger partial charge in [0.25, 0.3) is 0 Å². The molecule has 1 amide bonds. The van der Waals surface area contributed by atoms with Crippen molar-refractivity contribution in [2.75, 3.05) is 6.54 Å². The van der Waals surface area contributed by atoms with Gasteiger partial charge in [-0.25, -0.2) is 4.79 Å². The Kier molecular flexibility index (Phi) is 4.15. The third kappa shape index (κ3) is 3.14. The van der Waals surface area contributed by atoms with Gasteiger partial charge in [-0.2, -0.15) is 13.2 Å². The Labute approximate surface area is 118 Å². The Hall–Kier alpha value is -2.12. The minimum Gasteiger partial charge on any atom is -0.465 e. The molecule has 1 aromatic rings. The van der Waals surface area contributed by atoms with Crippen LogP contribution in [0.1, 0.15) is 34.9 Å². The molecule has 2 atom stereocenters. The first-order chi connectivity index (χ1) is 9.84. The number of rotatable bonds is 2. The quantitative estimate of drug-likeness (QED) is 0.853. The molecule has 0 bridgehead atoms. The second-order valence-electron chi connectivity index (χ2n) is 4.85. The molecule has 1 aromatic heterocycles. The third-order valence-corrected chi connectivity index (χ3v) is 3.62. The highest BCUT2D eigenvalue weighted by atomic mass is 19.4. The zero-order chi connectivity index (χ0) is 15.6. The highest BCUT2D eigenvalue weighted by Crippen LogP contribution is 2.42. The number of aldehydes is 1. The van der Waals surface area contributed by atoms with Crippen molar-refractivity contribution < 1.29 is 27.9 Å². The molecule has 0 saturated carbocycles. The van der Waals surface area contributed by atoms with E-state index in [1.165, 1.54) is 18.3 Å². The van der Waals surface area contributed by atoms with Gasteiger partial charge in [-0.3, -0.25) is 14.7 Å². The van der Waals surface area contributed by atoms with Crippen LogP contribution in [0.4, 0.5) is 18.0 Å². The molecule has 2 heterocycles. The Morgan fingerprint density at radius 2 is 2.19 bits per heavy atom. The highest BCUT2D eigenvalue weighted by Gasteiger charge is 2.46. The van der Waals surface area contributed by atoms with Crippen molar-refractivity contribution in [2.45, 2.75) is 25.1 Å². The van der Waals surface area contributed by atoms with E-state index in [1.54, 1.807) is 0 Å². The van der Waals surface area contributed by atoms with Crippen LogP contribution in [0.3, 0.4) is 0 Å². The van der Waals surface area contributed by atoms with Gasteiger partial charge in [-0.15, -0.1) is 0 Å². The smallest absolute Gasteiger partial charge is 0.407 e.